The summed E-state index contributed by atoms with van der Waals surface area (Å²) in [5.74, 6) is 1.01. The number of para-hydroxylation sites is 1. The van der Waals surface area contributed by atoms with Gasteiger partial charge in [-0.25, -0.2) is 9.78 Å². The van der Waals surface area contributed by atoms with E-state index in [0.29, 0.717) is 11.5 Å². The Hall–Kier alpha value is -2.30. The van der Waals surface area contributed by atoms with Crippen molar-refractivity contribution in [2.24, 2.45) is 0 Å². The van der Waals surface area contributed by atoms with E-state index < -0.39 is 5.97 Å². The van der Waals surface area contributed by atoms with Gasteiger partial charge in [-0.2, -0.15) is 0 Å². The number of hydrogen-bond acceptors (Lipinski definition) is 4. The quantitative estimate of drug-likeness (QED) is 0.853. The highest BCUT2D eigenvalue weighted by molar-refractivity contribution is 5.88. The largest absolute Gasteiger partial charge is 0.486 e. The van der Waals surface area contributed by atoms with Crippen LogP contribution in [-0.2, 0) is 11.2 Å². The van der Waals surface area contributed by atoms with Gasteiger partial charge in [-0.3, -0.25) is 0 Å². The first-order valence-electron chi connectivity index (χ1n) is 6.45. The zero-order chi connectivity index (χ0) is 14.3. The van der Waals surface area contributed by atoms with Gasteiger partial charge in [-0.1, -0.05) is 12.1 Å². The van der Waals surface area contributed by atoms with Crippen molar-refractivity contribution in [2.75, 3.05) is 7.11 Å². The van der Waals surface area contributed by atoms with Gasteiger partial charge in [0.15, 0.2) is 0 Å². The zero-order valence-corrected chi connectivity index (χ0v) is 11.7. The van der Waals surface area contributed by atoms with E-state index in [-0.39, 0.29) is 5.60 Å². The molecule has 0 amide bonds. The maximum atomic E-state index is 11.5. The van der Waals surface area contributed by atoms with E-state index in [1.165, 1.54) is 13.3 Å². The summed E-state index contributed by atoms with van der Waals surface area (Å²) in [7, 11) is 1.34. The number of benzene rings is 1. The maximum absolute atomic E-state index is 11.5. The molecular weight excluding hydrogens is 256 g/mol. The smallest absolute Gasteiger partial charge is 0.356 e. The summed E-state index contributed by atoms with van der Waals surface area (Å²) in [5.41, 5.74) is 2.14. The van der Waals surface area contributed by atoms with Gasteiger partial charge in [0.25, 0.3) is 0 Å². The molecule has 104 valence electrons. The van der Waals surface area contributed by atoms with Crippen molar-refractivity contribution in [3.05, 3.63) is 35.7 Å². The molecule has 1 aromatic carbocycles. The number of esters is 1. The number of ether oxygens (including phenoxy) is 2. The lowest BCUT2D eigenvalue weighted by atomic mass is 10.0. The molecule has 0 spiro atoms. The second-order valence-corrected chi connectivity index (χ2v) is 5.47. The third kappa shape index (κ3) is 2.05. The molecular formula is C15H16N2O3. The third-order valence-corrected chi connectivity index (χ3v) is 3.33. The summed E-state index contributed by atoms with van der Waals surface area (Å²) in [4.78, 5) is 18.7. The van der Waals surface area contributed by atoms with E-state index in [9.17, 15) is 4.79 Å². The molecule has 0 saturated carbocycles. The van der Waals surface area contributed by atoms with Crippen LogP contribution >= 0.6 is 0 Å². The normalized spacial score (nSPS) is 15.6. The molecule has 0 bridgehead atoms. The predicted molar refractivity (Wildman–Crippen MR) is 73.8 cm³/mol. The number of nitrogens with zero attached hydrogens (tertiary/aromatic N) is 1. The van der Waals surface area contributed by atoms with Crippen LogP contribution in [0.3, 0.4) is 0 Å². The Morgan fingerprint density at radius 2 is 2.25 bits per heavy atom. The summed E-state index contributed by atoms with van der Waals surface area (Å²) in [6, 6.07) is 5.96. The van der Waals surface area contributed by atoms with Crippen LogP contribution < -0.4 is 4.74 Å². The summed E-state index contributed by atoms with van der Waals surface area (Å²) >= 11 is 0. The first-order chi connectivity index (χ1) is 9.50. The van der Waals surface area contributed by atoms with Gasteiger partial charge in [0, 0.05) is 6.42 Å². The molecule has 1 aliphatic rings. The summed E-state index contributed by atoms with van der Waals surface area (Å²) in [5, 5.41) is 0. The Morgan fingerprint density at radius 3 is 3.00 bits per heavy atom. The number of carbonyl (C=O) groups excluding carboxylic acids is 1. The fraction of sp³-hybridized carbons (Fsp3) is 0.333. The highest BCUT2D eigenvalue weighted by Gasteiger charge is 2.32. The Morgan fingerprint density at radius 1 is 1.45 bits per heavy atom. The van der Waals surface area contributed by atoms with Crippen molar-refractivity contribution < 1.29 is 14.3 Å². The fourth-order valence-electron chi connectivity index (χ4n) is 2.47. The van der Waals surface area contributed by atoms with Crippen LogP contribution in [-0.4, -0.2) is 28.6 Å². The Kier molecular flexibility index (Phi) is 2.78. The van der Waals surface area contributed by atoms with Gasteiger partial charge in [0.05, 0.1) is 18.9 Å². The Labute approximate surface area is 116 Å². The summed E-state index contributed by atoms with van der Waals surface area (Å²) in [6.07, 6.45) is 2.33. The lowest BCUT2D eigenvalue weighted by Gasteiger charge is -2.17. The van der Waals surface area contributed by atoms with Crippen molar-refractivity contribution in [1.29, 1.82) is 0 Å². The van der Waals surface area contributed by atoms with Crippen LogP contribution in [0.2, 0.25) is 0 Å². The van der Waals surface area contributed by atoms with Crippen LogP contribution in [0, 0.1) is 0 Å². The molecule has 2 heterocycles. The lowest BCUT2D eigenvalue weighted by molar-refractivity contribution is 0.0594. The molecule has 1 N–H and O–H groups in total. The molecule has 2 aromatic rings. The Bertz CT molecular complexity index is 674. The molecule has 5 heteroatoms. The van der Waals surface area contributed by atoms with E-state index in [1.807, 2.05) is 12.1 Å². The van der Waals surface area contributed by atoms with Crippen molar-refractivity contribution in [3.63, 3.8) is 0 Å². The number of fused-ring (bicyclic) bond motifs is 1. The minimum Gasteiger partial charge on any atom is -0.486 e. The number of hydrogen-bond donors (Lipinski definition) is 1. The number of aromatic amines is 1. The molecule has 0 fully saturated rings. The molecule has 1 aromatic heterocycles. The minimum atomic E-state index is -0.433. The van der Waals surface area contributed by atoms with Crippen LogP contribution in [0.5, 0.6) is 5.75 Å². The number of nitrogens with one attached hydrogen (secondary N) is 1. The zero-order valence-electron chi connectivity index (χ0n) is 11.7. The van der Waals surface area contributed by atoms with Gasteiger partial charge in [-0.15, -0.1) is 0 Å². The molecule has 5 nitrogen and oxygen atoms in total. The first kappa shape index (κ1) is 12.7. The molecule has 0 atom stereocenters. The van der Waals surface area contributed by atoms with Gasteiger partial charge in [0.2, 0.25) is 0 Å². The summed E-state index contributed by atoms with van der Waals surface area (Å²) in [6.45, 7) is 4.11. The van der Waals surface area contributed by atoms with Crippen LogP contribution in [0.4, 0.5) is 0 Å². The van der Waals surface area contributed by atoms with Crippen molar-refractivity contribution >= 4 is 5.97 Å². The predicted octanol–water partition coefficient (Wildman–Crippen LogP) is 2.58. The highest BCUT2D eigenvalue weighted by atomic mass is 16.5. The SMILES string of the molecule is COC(=O)c1cnc(-c2cccc3c2OC(C)(C)C3)[nH]1. The molecule has 0 aliphatic carbocycles. The molecule has 0 radical (unpaired) electrons. The summed E-state index contributed by atoms with van der Waals surface area (Å²) < 4.78 is 10.7. The van der Waals surface area contributed by atoms with E-state index in [1.54, 1.807) is 0 Å². The van der Waals surface area contributed by atoms with Crippen LogP contribution in [0.1, 0.15) is 29.9 Å². The van der Waals surface area contributed by atoms with Gasteiger partial charge >= 0.3 is 5.97 Å². The second-order valence-electron chi connectivity index (χ2n) is 5.47. The van der Waals surface area contributed by atoms with Gasteiger partial charge < -0.3 is 14.5 Å². The molecule has 0 unspecified atom stereocenters. The fourth-order valence-corrected chi connectivity index (χ4v) is 2.47. The van der Waals surface area contributed by atoms with Gasteiger partial charge in [0.1, 0.15) is 22.9 Å². The van der Waals surface area contributed by atoms with Crippen LogP contribution in [0.15, 0.2) is 24.4 Å². The van der Waals surface area contributed by atoms with E-state index >= 15 is 0 Å². The van der Waals surface area contributed by atoms with E-state index in [0.717, 1.165) is 23.3 Å². The second kappa shape index (κ2) is 4.37. The number of aromatic nitrogens is 2. The first-order valence-corrected chi connectivity index (χ1v) is 6.45. The molecule has 20 heavy (non-hydrogen) atoms. The lowest BCUT2D eigenvalue weighted by Crippen LogP contribution is -2.24. The third-order valence-electron chi connectivity index (χ3n) is 3.33. The molecule has 3 rings (SSSR count). The van der Waals surface area contributed by atoms with Crippen molar-refractivity contribution in [3.8, 4) is 17.1 Å². The molecule has 1 aliphatic heterocycles. The number of H-pyrrole nitrogens is 1. The average molecular weight is 272 g/mol. The van der Waals surface area contributed by atoms with Crippen molar-refractivity contribution in [2.45, 2.75) is 25.9 Å². The number of carbonyl (C=O) groups is 1. The molecule has 0 saturated heterocycles. The monoisotopic (exact) mass is 272 g/mol. The number of methoxy groups -OCH3 is 1. The topological polar surface area (TPSA) is 64.2 Å². The van der Waals surface area contributed by atoms with Crippen molar-refractivity contribution in [1.82, 2.24) is 9.97 Å². The minimum absolute atomic E-state index is 0.212. The number of rotatable bonds is 2. The number of imidazole rings is 1. The Balaban J connectivity index is 2.03. The standard InChI is InChI=1S/C15H16N2O3/c1-15(2)7-9-5-4-6-10(12(9)20-15)13-16-8-11(17-13)14(18)19-3/h4-6,8H,7H2,1-3H3,(H,16,17). The van der Waals surface area contributed by atoms with Crippen LogP contribution in [0.25, 0.3) is 11.4 Å². The van der Waals surface area contributed by atoms with E-state index in [4.69, 9.17) is 4.74 Å². The van der Waals surface area contributed by atoms with Gasteiger partial charge in [-0.05, 0) is 25.5 Å². The average Bonchev–Trinajstić information content (AvgIpc) is 2.99. The van der Waals surface area contributed by atoms with E-state index in [2.05, 4.69) is 34.6 Å². The maximum Gasteiger partial charge on any atom is 0.356 e. The highest BCUT2D eigenvalue weighted by Crippen LogP contribution is 2.41.